The van der Waals surface area contributed by atoms with Crippen molar-refractivity contribution < 1.29 is 4.79 Å². The monoisotopic (exact) mass is 435 g/mol. The van der Waals surface area contributed by atoms with Gasteiger partial charge in [0.1, 0.15) is 0 Å². The summed E-state index contributed by atoms with van der Waals surface area (Å²) >= 11 is 0. The number of amides is 1. The fraction of sp³-hybridized carbons (Fsp3) is 0.381. The van der Waals surface area contributed by atoms with Crippen LogP contribution in [-0.4, -0.2) is 45.2 Å². The van der Waals surface area contributed by atoms with E-state index in [9.17, 15) is 4.79 Å². The fourth-order valence-electron chi connectivity index (χ4n) is 3.71. The van der Waals surface area contributed by atoms with Crippen molar-refractivity contribution in [2.45, 2.75) is 26.3 Å². The predicted molar refractivity (Wildman–Crippen MR) is 121 cm³/mol. The Labute approximate surface area is 183 Å². The summed E-state index contributed by atoms with van der Waals surface area (Å²) in [5.41, 5.74) is 9.01. The van der Waals surface area contributed by atoms with Gasteiger partial charge in [-0.3, -0.25) is 4.79 Å². The van der Waals surface area contributed by atoms with Gasteiger partial charge in [-0.25, -0.2) is 9.67 Å². The number of halogens is 2. The van der Waals surface area contributed by atoms with Crippen LogP contribution in [0.15, 0.2) is 42.6 Å². The van der Waals surface area contributed by atoms with Gasteiger partial charge in [0.2, 0.25) is 0 Å². The van der Waals surface area contributed by atoms with Crippen LogP contribution < -0.4 is 5.73 Å². The van der Waals surface area contributed by atoms with Crippen LogP contribution in [0.2, 0.25) is 0 Å². The van der Waals surface area contributed by atoms with E-state index >= 15 is 0 Å². The summed E-state index contributed by atoms with van der Waals surface area (Å²) in [6.07, 6.45) is 2.73. The molecule has 0 aliphatic carbocycles. The number of pyridine rings is 1. The molecule has 0 bridgehead atoms. The molecular formula is C21H27Cl2N5O. The van der Waals surface area contributed by atoms with Gasteiger partial charge in [-0.15, -0.1) is 24.8 Å². The number of hydrogen-bond donors (Lipinski definition) is 1. The largest absolute Gasteiger partial charge is 0.338 e. The number of fused-ring (bicyclic) bond motifs is 1. The number of carbonyl (C=O) groups is 1. The van der Waals surface area contributed by atoms with Crippen LogP contribution in [0.5, 0.6) is 0 Å². The Hall–Kier alpha value is -2.15. The molecule has 1 fully saturated rings. The molecule has 1 unspecified atom stereocenters. The first-order valence-electron chi connectivity index (χ1n) is 9.51. The van der Waals surface area contributed by atoms with Crippen molar-refractivity contribution in [1.82, 2.24) is 19.7 Å². The lowest BCUT2D eigenvalue weighted by atomic mass is 10.1. The maximum absolute atomic E-state index is 13.3. The molecule has 1 aliphatic heterocycles. The van der Waals surface area contributed by atoms with E-state index in [0.29, 0.717) is 18.0 Å². The molecule has 2 aromatic heterocycles. The molecule has 0 saturated carbocycles. The van der Waals surface area contributed by atoms with E-state index in [0.717, 1.165) is 41.8 Å². The number of nitrogens with two attached hydrogens (primary N) is 1. The summed E-state index contributed by atoms with van der Waals surface area (Å²) in [6, 6.07) is 12.0. The molecule has 4 rings (SSSR count). The number of hydrogen-bond acceptors (Lipinski definition) is 4. The van der Waals surface area contributed by atoms with Crippen LogP contribution >= 0.6 is 24.8 Å². The first-order valence-corrected chi connectivity index (χ1v) is 9.51. The summed E-state index contributed by atoms with van der Waals surface area (Å²) in [7, 11) is 0. The molecule has 1 atom stereocenters. The molecule has 1 amide bonds. The summed E-state index contributed by atoms with van der Waals surface area (Å²) in [5.74, 6) is 0.428. The summed E-state index contributed by atoms with van der Waals surface area (Å²) < 4.78 is 1.88. The molecule has 1 saturated heterocycles. The average Bonchev–Trinajstić information content (AvgIpc) is 3.34. The second kappa shape index (κ2) is 9.57. The van der Waals surface area contributed by atoms with Crippen LogP contribution in [0, 0.1) is 5.92 Å². The van der Waals surface area contributed by atoms with E-state index in [1.165, 1.54) is 0 Å². The Morgan fingerprint density at radius 3 is 2.59 bits per heavy atom. The minimum Gasteiger partial charge on any atom is -0.338 e. The Morgan fingerprint density at radius 2 is 1.97 bits per heavy atom. The first-order chi connectivity index (χ1) is 13.1. The van der Waals surface area contributed by atoms with Gasteiger partial charge in [0, 0.05) is 24.7 Å². The van der Waals surface area contributed by atoms with E-state index in [4.69, 9.17) is 10.7 Å². The van der Waals surface area contributed by atoms with E-state index in [1.807, 2.05) is 46.0 Å². The average molecular weight is 436 g/mol. The number of carbonyl (C=O) groups excluding carboxylic acids is 1. The van der Waals surface area contributed by atoms with Gasteiger partial charge in [0.05, 0.1) is 22.8 Å². The van der Waals surface area contributed by atoms with Gasteiger partial charge in [-0.2, -0.15) is 5.10 Å². The smallest absolute Gasteiger partial charge is 0.254 e. The summed E-state index contributed by atoms with van der Waals surface area (Å²) in [6.45, 7) is 6.23. The zero-order chi connectivity index (χ0) is 19.0. The number of aromatic nitrogens is 3. The maximum atomic E-state index is 13.3. The third kappa shape index (κ3) is 4.39. The van der Waals surface area contributed by atoms with Crippen molar-refractivity contribution in [3.63, 3.8) is 0 Å². The van der Waals surface area contributed by atoms with Gasteiger partial charge >= 0.3 is 0 Å². The quantitative estimate of drug-likeness (QED) is 0.672. The van der Waals surface area contributed by atoms with E-state index in [-0.39, 0.29) is 36.8 Å². The van der Waals surface area contributed by atoms with Crippen molar-refractivity contribution in [3.8, 4) is 11.3 Å². The van der Waals surface area contributed by atoms with E-state index in [2.05, 4.69) is 18.9 Å². The van der Waals surface area contributed by atoms with Crippen molar-refractivity contribution >= 4 is 41.8 Å². The number of nitrogens with zero attached hydrogens (tertiary/aromatic N) is 4. The normalized spacial score (nSPS) is 16.0. The Bertz CT molecular complexity index is 974. The van der Waals surface area contributed by atoms with Crippen LogP contribution in [0.3, 0.4) is 0 Å². The topological polar surface area (TPSA) is 77.0 Å². The van der Waals surface area contributed by atoms with Gasteiger partial charge in [-0.1, -0.05) is 30.3 Å². The van der Waals surface area contributed by atoms with Crippen molar-refractivity contribution in [2.24, 2.45) is 11.7 Å². The van der Waals surface area contributed by atoms with E-state index < -0.39 is 0 Å². The standard InChI is InChI=1S/C21H25N5O.2ClH/c1-14(2)26-20-18(12-23-26)17(21(27)25-9-8-15(11-22)13-25)10-19(24-20)16-6-4-3-5-7-16;;/h3-7,10,12,14-15H,8-9,11,13,22H2,1-2H3;2*1H. The molecule has 3 aromatic rings. The lowest BCUT2D eigenvalue weighted by Gasteiger charge is -2.18. The van der Waals surface area contributed by atoms with Crippen LogP contribution in [0.1, 0.15) is 36.7 Å². The highest BCUT2D eigenvalue weighted by molar-refractivity contribution is 6.06. The SMILES string of the molecule is CC(C)n1ncc2c(C(=O)N3CCC(CN)C3)cc(-c3ccccc3)nc21.Cl.Cl. The minimum atomic E-state index is 0. The fourth-order valence-corrected chi connectivity index (χ4v) is 3.71. The van der Waals surface area contributed by atoms with Gasteiger partial charge in [0.25, 0.3) is 5.91 Å². The Kier molecular flexibility index (Phi) is 7.63. The molecular weight excluding hydrogens is 409 g/mol. The Morgan fingerprint density at radius 1 is 1.24 bits per heavy atom. The summed E-state index contributed by atoms with van der Waals surface area (Å²) in [5, 5.41) is 5.30. The van der Waals surface area contributed by atoms with E-state index in [1.54, 1.807) is 6.20 Å². The molecule has 1 aromatic carbocycles. The minimum absolute atomic E-state index is 0. The highest BCUT2D eigenvalue weighted by Crippen LogP contribution is 2.28. The summed E-state index contributed by atoms with van der Waals surface area (Å²) in [4.78, 5) is 20.1. The number of rotatable bonds is 4. The second-order valence-electron chi connectivity index (χ2n) is 7.48. The molecule has 0 spiro atoms. The first kappa shape index (κ1) is 23.1. The van der Waals surface area contributed by atoms with Gasteiger partial charge in [0.15, 0.2) is 5.65 Å². The molecule has 29 heavy (non-hydrogen) atoms. The van der Waals surface area contributed by atoms with Crippen LogP contribution in [0.25, 0.3) is 22.3 Å². The molecule has 8 heteroatoms. The molecule has 6 nitrogen and oxygen atoms in total. The third-order valence-corrected chi connectivity index (χ3v) is 5.26. The molecule has 3 heterocycles. The maximum Gasteiger partial charge on any atom is 0.254 e. The third-order valence-electron chi connectivity index (χ3n) is 5.26. The molecule has 2 N–H and O–H groups in total. The van der Waals surface area contributed by atoms with Crippen molar-refractivity contribution in [1.29, 1.82) is 0 Å². The van der Waals surface area contributed by atoms with Crippen LogP contribution in [-0.2, 0) is 0 Å². The molecule has 1 aliphatic rings. The number of likely N-dealkylation sites (tertiary alicyclic amines) is 1. The van der Waals surface area contributed by atoms with Crippen molar-refractivity contribution in [3.05, 3.63) is 48.2 Å². The van der Waals surface area contributed by atoms with Gasteiger partial charge < -0.3 is 10.6 Å². The lowest BCUT2D eigenvalue weighted by Crippen LogP contribution is -2.30. The second-order valence-corrected chi connectivity index (χ2v) is 7.48. The lowest BCUT2D eigenvalue weighted by molar-refractivity contribution is 0.0789. The molecule has 0 radical (unpaired) electrons. The zero-order valence-corrected chi connectivity index (χ0v) is 18.2. The molecule has 156 valence electrons. The van der Waals surface area contributed by atoms with Gasteiger partial charge in [-0.05, 0) is 38.8 Å². The zero-order valence-electron chi connectivity index (χ0n) is 16.6. The highest BCUT2D eigenvalue weighted by atomic mass is 35.5. The Balaban J connectivity index is 0.00000150. The van der Waals surface area contributed by atoms with Crippen molar-refractivity contribution in [2.75, 3.05) is 19.6 Å². The highest BCUT2D eigenvalue weighted by Gasteiger charge is 2.28. The predicted octanol–water partition coefficient (Wildman–Crippen LogP) is 3.94. The number of benzene rings is 1. The van der Waals surface area contributed by atoms with Crippen LogP contribution in [0.4, 0.5) is 0 Å².